The smallest absolute Gasteiger partial charge is 0.308 e. The molecule has 1 aromatic heterocycles. The molecule has 3 unspecified atom stereocenters. The van der Waals surface area contributed by atoms with Crippen molar-refractivity contribution in [2.75, 3.05) is 0 Å². The SMILES string of the molecule is CCCC1CCC(C(=O)O)C(n2cc(C)cn2)C1. The molecular weight excluding hydrogens is 228 g/mol. The van der Waals surface area contributed by atoms with Gasteiger partial charge in [-0.05, 0) is 37.7 Å². The van der Waals surface area contributed by atoms with Crippen molar-refractivity contribution in [3.63, 3.8) is 0 Å². The molecule has 100 valence electrons. The van der Waals surface area contributed by atoms with Gasteiger partial charge in [-0.1, -0.05) is 19.8 Å². The third-order valence-electron chi connectivity index (χ3n) is 4.01. The molecule has 1 aliphatic carbocycles. The highest BCUT2D eigenvalue weighted by molar-refractivity contribution is 5.70. The molecule has 0 spiro atoms. The Labute approximate surface area is 108 Å². The third kappa shape index (κ3) is 2.74. The van der Waals surface area contributed by atoms with E-state index in [1.807, 2.05) is 24.0 Å². The summed E-state index contributed by atoms with van der Waals surface area (Å²) in [4.78, 5) is 11.4. The van der Waals surface area contributed by atoms with Crippen molar-refractivity contribution in [1.82, 2.24) is 9.78 Å². The fourth-order valence-electron chi connectivity index (χ4n) is 3.10. The van der Waals surface area contributed by atoms with Crippen LogP contribution in [0.2, 0.25) is 0 Å². The zero-order valence-electron chi connectivity index (χ0n) is 11.2. The van der Waals surface area contributed by atoms with Gasteiger partial charge in [0, 0.05) is 6.20 Å². The van der Waals surface area contributed by atoms with Crippen LogP contribution in [0.1, 0.15) is 50.6 Å². The quantitative estimate of drug-likeness (QED) is 0.893. The predicted molar refractivity (Wildman–Crippen MR) is 69.4 cm³/mol. The van der Waals surface area contributed by atoms with E-state index in [2.05, 4.69) is 12.0 Å². The van der Waals surface area contributed by atoms with Crippen molar-refractivity contribution in [3.8, 4) is 0 Å². The summed E-state index contributed by atoms with van der Waals surface area (Å²) in [6.07, 6.45) is 8.92. The zero-order chi connectivity index (χ0) is 13.1. The van der Waals surface area contributed by atoms with Gasteiger partial charge in [-0.2, -0.15) is 5.10 Å². The summed E-state index contributed by atoms with van der Waals surface area (Å²) < 4.78 is 1.87. The number of aliphatic carboxylic acids is 1. The van der Waals surface area contributed by atoms with E-state index in [1.165, 1.54) is 12.8 Å². The first-order valence-electron chi connectivity index (χ1n) is 6.85. The zero-order valence-corrected chi connectivity index (χ0v) is 11.2. The fourth-order valence-corrected chi connectivity index (χ4v) is 3.10. The Hall–Kier alpha value is -1.32. The minimum atomic E-state index is -0.678. The number of carbonyl (C=O) groups is 1. The predicted octanol–water partition coefficient (Wildman–Crippen LogP) is 3.03. The van der Waals surface area contributed by atoms with Gasteiger partial charge in [-0.3, -0.25) is 9.48 Å². The highest BCUT2D eigenvalue weighted by Crippen LogP contribution is 2.39. The van der Waals surface area contributed by atoms with Crippen LogP contribution in [0.5, 0.6) is 0 Å². The van der Waals surface area contributed by atoms with Crippen molar-refractivity contribution in [2.24, 2.45) is 11.8 Å². The first kappa shape index (κ1) is 13.1. The lowest BCUT2D eigenvalue weighted by atomic mass is 9.76. The van der Waals surface area contributed by atoms with Crippen molar-refractivity contribution in [1.29, 1.82) is 0 Å². The molecule has 0 radical (unpaired) electrons. The van der Waals surface area contributed by atoms with Gasteiger partial charge >= 0.3 is 5.97 Å². The van der Waals surface area contributed by atoms with Crippen LogP contribution >= 0.6 is 0 Å². The number of carboxylic acid groups (broad SMARTS) is 1. The van der Waals surface area contributed by atoms with Gasteiger partial charge in [-0.25, -0.2) is 0 Å². The molecule has 0 amide bonds. The molecule has 1 saturated carbocycles. The molecule has 0 bridgehead atoms. The lowest BCUT2D eigenvalue weighted by molar-refractivity contribution is -0.145. The summed E-state index contributed by atoms with van der Waals surface area (Å²) >= 11 is 0. The van der Waals surface area contributed by atoms with Crippen LogP contribution in [0.15, 0.2) is 12.4 Å². The number of carboxylic acids is 1. The molecule has 0 aliphatic heterocycles. The van der Waals surface area contributed by atoms with E-state index in [0.29, 0.717) is 5.92 Å². The second kappa shape index (κ2) is 5.55. The number of aromatic nitrogens is 2. The van der Waals surface area contributed by atoms with Crippen LogP contribution in [-0.4, -0.2) is 20.9 Å². The highest BCUT2D eigenvalue weighted by Gasteiger charge is 2.36. The van der Waals surface area contributed by atoms with E-state index < -0.39 is 5.97 Å². The molecule has 2 rings (SSSR count). The molecule has 4 heteroatoms. The largest absolute Gasteiger partial charge is 0.481 e. The molecule has 0 aromatic carbocycles. The first-order valence-corrected chi connectivity index (χ1v) is 6.85. The second-order valence-electron chi connectivity index (χ2n) is 5.48. The Bertz CT molecular complexity index is 414. The van der Waals surface area contributed by atoms with Crippen LogP contribution < -0.4 is 0 Å². The summed E-state index contributed by atoms with van der Waals surface area (Å²) in [5, 5.41) is 13.7. The van der Waals surface area contributed by atoms with Gasteiger partial charge in [0.15, 0.2) is 0 Å². The molecule has 1 fully saturated rings. The van der Waals surface area contributed by atoms with Gasteiger partial charge in [0.25, 0.3) is 0 Å². The summed E-state index contributed by atoms with van der Waals surface area (Å²) in [5.41, 5.74) is 1.09. The Kier molecular flexibility index (Phi) is 4.04. The maximum atomic E-state index is 11.4. The van der Waals surface area contributed by atoms with Crippen molar-refractivity contribution in [3.05, 3.63) is 18.0 Å². The molecule has 4 nitrogen and oxygen atoms in total. The molecule has 3 atom stereocenters. The molecule has 1 aliphatic rings. The second-order valence-corrected chi connectivity index (χ2v) is 5.48. The van der Waals surface area contributed by atoms with E-state index in [4.69, 9.17) is 0 Å². The van der Waals surface area contributed by atoms with Gasteiger partial charge in [-0.15, -0.1) is 0 Å². The van der Waals surface area contributed by atoms with Gasteiger partial charge in [0.1, 0.15) is 0 Å². The van der Waals surface area contributed by atoms with Crippen LogP contribution in [0.25, 0.3) is 0 Å². The standard InChI is InChI=1S/C14H22N2O2/c1-3-4-11-5-6-12(14(17)18)13(7-11)16-9-10(2)8-15-16/h8-9,11-13H,3-7H2,1-2H3,(H,17,18). The fraction of sp³-hybridized carbons (Fsp3) is 0.714. The highest BCUT2D eigenvalue weighted by atomic mass is 16.4. The summed E-state index contributed by atoms with van der Waals surface area (Å²) in [6.45, 7) is 4.18. The lowest BCUT2D eigenvalue weighted by Crippen LogP contribution is -2.33. The van der Waals surface area contributed by atoms with E-state index in [1.54, 1.807) is 0 Å². The Morgan fingerprint density at radius 3 is 2.89 bits per heavy atom. The van der Waals surface area contributed by atoms with Crippen LogP contribution in [0, 0.1) is 18.8 Å². The molecule has 18 heavy (non-hydrogen) atoms. The number of aryl methyl sites for hydroxylation is 1. The Morgan fingerprint density at radius 2 is 2.33 bits per heavy atom. The van der Waals surface area contributed by atoms with Crippen molar-refractivity contribution in [2.45, 2.75) is 52.0 Å². The first-order chi connectivity index (χ1) is 8.61. The molecule has 0 saturated heterocycles. The van der Waals surface area contributed by atoms with Crippen LogP contribution in [-0.2, 0) is 4.79 Å². The minimum Gasteiger partial charge on any atom is -0.481 e. The minimum absolute atomic E-state index is 0.0292. The van der Waals surface area contributed by atoms with E-state index in [0.717, 1.165) is 24.8 Å². The van der Waals surface area contributed by atoms with Crippen molar-refractivity contribution >= 4 is 5.97 Å². The van der Waals surface area contributed by atoms with Crippen LogP contribution in [0.3, 0.4) is 0 Å². The summed E-state index contributed by atoms with van der Waals surface area (Å²) in [5.74, 6) is -0.305. The third-order valence-corrected chi connectivity index (χ3v) is 4.01. The van der Waals surface area contributed by atoms with Gasteiger partial charge in [0.05, 0.1) is 18.2 Å². The number of hydrogen-bond donors (Lipinski definition) is 1. The maximum absolute atomic E-state index is 11.4. The lowest BCUT2D eigenvalue weighted by Gasteiger charge is -2.34. The Balaban J connectivity index is 2.17. The average Bonchev–Trinajstić information content (AvgIpc) is 2.76. The van der Waals surface area contributed by atoms with Crippen molar-refractivity contribution < 1.29 is 9.90 Å². The monoisotopic (exact) mass is 250 g/mol. The van der Waals surface area contributed by atoms with E-state index in [-0.39, 0.29) is 12.0 Å². The summed E-state index contributed by atoms with van der Waals surface area (Å²) in [7, 11) is 0. The Morgan fingerprint density at radius 1 is 1.56 bits per heavy atom. The molecule has 1 heterocycles. The number of rotatable bonds is 4. The average molecular weight is 250 g/mol. The number of nitrogens with zero attached hydrogens (tertiary/aromatic N) is 2. The van der Waals surface area contributed by atoms with Gasteiger partial charge < -0.3 is 5.11 Å². The summed E-state index contributed by atoms with van der Waals surface area (Å²) in [6, 6.07) is 0.0292. The normalized spacial score (nSPS) is 28.2. The van der Waals surface area contributed by atoms with Crippen LogP contribution in [0.4, 0.5) is 0 Å². The maximum Gasteiger partial charge on any atom is 0.308 e. The molecule has 1 aromatic rings. The van der Waals surface area contributed by atoms with E-state index in [9.17, 15) is 9.90 Å². The molecule has 1 N–H and O–H groups in total. The molecular formula is C14H22N2O2. The number of hydrogen-bond acceptors (Lipinski definition) is 2. The topological polar surface area (TPSA) is 55.1 Å². The van der Waals surface area contributed by atoms with Gasteiger partial charge in [0.2, 0.25) is 0 Å². The van der Waals surface area contributed by atoms with E-state index >= 15 is 0 Å².